The fourth-order valence-corrected chi connectivity index (χ4v) is 3.41. The lowest BCUT2D eigenvalue weighted by atomic mass is 9.98. The van der Waals surface area contributed by atoms with Crippen LogP contribution in [0.1, 0.15) is 18.1 Å². The Morgan fingerprint density at radius 1 is 0.933 bits per heavy atom. The second-order valence-electron chi connectivity index (χ2n) is 7.07. The van der Waals surface area contributed by atoms with Gasteiger partial charge in [0.2, 0.25) is 0 Å². The summed E-state index contributed by atoms with van der Waals surface area (Å²) >= 11 is 0. The number of methoxy groups -OCH3 is 1. The third-order valence-corrected chi connectivity index (χ3v) is 4.95. The van der Waals surface area contributed by atoms with E-state index in [1.165, 1.54) is 0 Å². The van der Waals surface area contributed by atoms with E-state index in [-0.39, 0.29) is 0 Å². The summed E-state index contributed by atoms with van der Waals surface area (Å²) in [5.41, 5.74) is 2.01. The Labute approximate surface area is 177 Å². The average Bonchev–Trinajstić information content (AvgIpc) is 2.79. The van der Waals surface area contributed by atoms with Crippen LogP contribution < -0.4 is 0 Å². The van der Waals surface area contributed by atoms with Gasteiger partial charge in [0.25, 0.3) is 0 Å². The molecule has 0 saturated carbocycles. The Morgan fingerprint density at radius 3 is 1.97 bits per heavy atom. The van der Waals surface area contributed by atoms with Crippen molar-refractivity contribution in [3.05, 3.63) is 84.4 Å². The first-order chi connectivity index (χ1) is 14.6. The number of carbonyl (C=O) groups is 1. The summed E-state index contributed by atoms with van der Waals surface area (Å²) in [6.45, 7) is 5.98. The van der Waals surface area contributed by atoms with Gasteiger partial charge in [0.15, 0.2) is 12.4 Å². The topological polar surface area (TPSA) is 63.2 Å². The third kappa shape index (κ3) is 5.77. The van der Waals surface area contributed by atoms with E-state index in [1.807, 2.05) is 67.6 Å². The zero-order valence-corrected chi connectivity index (χ0v) is 17.3. The van der Waals surface area contributed by atoms with Crippen LogP contribution in [-0.4, -0.2) is 43.8 Å². The van der Waals surface area contributed by atoms with Crippen LogP contribution in [0.4, 0.5) is 0 Å². The first-order valence-corrected chi connectivity index (χ1v) is 9.94. The van der Waals surface area contributed by atoms with Crippen LogP contribution in [0.25, 0.3) is 0 Å². The van der Waals surface area contributed by atoms with Crippen LogP contribution in [0.2, 0.25) is 0 Å². The van der Waals surface area contributed by atoms with Crippen LogP contribution in [0.3, 0.4) is 0 Å². The quantitative estimate of drug-likeness (QED) is 0.463. The SMILES string of the molecule is C=CC(=O)O[C@H]1[C@H](OCc2ccccc2)[C@@H](OCc2ccccc2)[C@@H](OC)O[C@@H]1C. The molecule has 6 heteroatoms. The number of ether oxygens (including phenoxy) is 5. The summed E-state index contributed by atoms with van der Waals surface area (Å²) in [5, 5.41) is 0. The van der Waals surface area contributed by atoms with Gasteiger partial charge in [-0.1, -0.05) is 67.2 Å². The van der Waals surface area contributed by atoms with E-state index in [9.17, 15) is 4.79 Å². The van der Waals surface area contributed by atoms with Crippen LogP contribution >= 0.6 is 0 Å². The second kappa shape index (κ2) is 11.0. The van der Waals surface area contributed by atoms with Crippen molar-refractivity contribution in [3.63, 3.8) is 0 Å². The summed E-state index contributed by atoms with van der Waals surface area (Å²) in [5.74, 6) is -0.540. The first kappa shape index (κ1) is 22.2. The molecule has 1 aliphatic heterocycles. The molecule has 0 spiro atoms. The predicted molar refractivity (Wildman–Crippen MR) is 111 cm³/mol. The molecule has 2 aromatic rings. The number of carbonyl (C=O) groups excluding carboxylic acids is 1. The Kier molecular flexibility index (Phi) is 8.16. The van der Waals surface area contributed by atoms with Crippen molar-refractivity contribution in [1.82, 2.24) is 0 Å². The van der Waals surface area contributed by atoms with E-state index in [0.29, 0.717) is 13.2 Å². The number of hydrogen-bond donors (Lipinski definition) is 0. The monoisotopic (exact) mass is 412 g/mol. The smallest absolute Gasteiger partial charge is 0.330 e. The Bertz CT molecular complexity index is 794. The molecule has 30 heavy (non-hydrogen) atoms. The van der Waals surface area contributed by atoms with Gasteiger partial charge in [0.1, 0.15) is 12.2 Å². The molecule has 6 nitrogen and oxygen atoms in total. The molecule has 1 fully saturated rings. The minimum absolute atomic E-state index is 0.335. The highest BCUT2D eigenvalue weighted by atomic mass is 16.7. The van der Waals surface area contributed by atoms with Crippen molar-refractivity contribution in [2.75, 3.05) is 7.11 Å². The number of esters is 1. The van der Waals surface area contributed by atoms with Crippen molar-refractivity contribution in [2.45, 2.75) is 50.8 Å². The summed E-state index contributed by atoms with van der Waals surface area (Å²) in [6, 6.07) is 19.6. The molecule has 0 unspecified atom stereocenters. The molecule has 0 aliphatic carbocycles. The van der Waals surface area contributed by atoms with Gasteiger partial charge in [-0.2, -0.15) is 0 Å². The lowest BCUT2D eigenvalue weighted by Crippen LogP contribution is -2.60. The highest BCUT2D eigenvalue weighted by molar-refractivity contribution is 5.81. The van der Waals surface area contributed by atoms with E-state index < -0.39 is 36.7 Å². The van der Waals surface area contributed by atoms with Gasteiger partial charge in [-0.25, -0.2) is 4.79 Å². The Balaban J connectivity index is 1.81. The molecule has 1 saturated heterocycles. The summed E-state index contributed by atoms with van der Waals surface area (Å²) in [4.78, 5) is 12.0. The van der Waals surface area contributed by atoms with E-state index in [4.69, 9.17) is 23.7 Å². The number of rotatable bonds is 9. The van der Waals surface area contributed by atoms with Gasteiger partial charge >= 0.3 is 5.97 Å². The van der Waals surface area contributed by atoms with Crippen LogP contribution in [0, 0.1) is 0 Å². The minimum Gasteiger partial charge on any atom is -0.454 e. The van der Waals surface area contributed by atoms with E-state index in [1.54, 1.807) is 7.11 Å². The molecule has 3 rings (SSSR count). The van der Waals surface area contributed by atoms with Gasteiger partial charge in [0.05, 0.1) is 19.3 Å². The first-order valence-electron chi connectivity index (χ1n) is 9.94. The van der Waals surface area contributed by atoms with Crippen LogP contribution in [0.5, 0.6) is 0 Å². The zero-order valence-electron chi connectivity index (χ0n) is 17.3. The molecule has 5 atom stereocenters. The minimum atomic E-state index is -0.675. The normalized spacial score (nSPS) is 26.1. The molecule has 0 bridgehead atoms. The lowest BCUT2D eigenvalue weighted by Gasteiger charge is -2.44. The van der Waals surface area contributed by atoms with Crippen LogP contribution in [-0.2, 0) is 41.7 Å². The molecular formula is C24H28O6. The van der Waals surface area contributed by atoms with E-state index in [2.05, 4.69) is 6.58 Å². The summed E-state index contributed by atoms with van der Waals surface area (Å²) < 4.78 is 29.5. The highest BCUT2D eigenvalue weighted by Crippen LogP contribution is 2.30. The number of benzene rings is 2. The fraction of sp³-hybridized carbons (Fsp3) is 0.375. The zero-order chi connectivity index (χ0) is 21.3. The van der Waals surface area contributed by atoms with Crippen molar-refractivity contribution in [3.8, 4) is 0 Å². The van der Waals surface area contributed by atoms with Gasteiger partial charge in [0, 0.05) is 13.2 Å². The van der Waals surface area contributed by atoms with Crippen molar-refractivity contribution < 1.29 is 28.5 Å². The number of hydrogen-bond acceptors (Lipinski definition) is 6. The summed E-state index contributed by atoms with van der Waals surface area (Å²) in [7, 11) is 1.56. The Hall–Kier alpha value is -2.51. The fourth-order valence-electron chi connectivity index (χ4n) is 3.41. The molecule has 160 valence electrons. The largest absolute Gasteiger partial charge is 0.454 e. The second-order valence-corrected chi connectivity index (χ2v) is 7.07. The molecule has 2 aromatic carbocycles. The molecule has 1 aliphatic rings. The summed E-state index contributed by atoms with van der Waals surface area (Å²) in [6.07, 6.45) is -1.85. The average molecular weight is 412 g/mol. The van der Waals surface area contributed by atoms with Crippen molar-refractivity contribution in [1.29, 1.82) is 0 Å². The van der Waals surface area contributed by atoms with Gasteiger partial charge < -0.3 is 23.7 Å². The highest BCUT2D eigenvalue weighted by Gasteiger charge is 2.48. The van der Waals surface area contributed by atoms with E-state index in [0.717, 1.165) is 17.2 Å². The Morgan fingerprint density at radius 2 is 1.47 bits per heavy atom. The maximum atomic E-state index is 12.0. The maximum absolute atomic E-state index is 12.0. The molecule has 1 heterocycles. The van der Waals surface area contributed by atoms with E-state index >= 15 is 0 Å². The molecule has 0 aromatic heterocycles. The molecular weight excluding hydrogens is 384 g/mol. The van der Waals surface area contributed by atoms with Crippen LogP contribution in [0.15, 0.2) is 73.3 Å². The third-order valence-electron chi connectivity index (χ3n) is 4.95. The maximum Gasteiger partial charge on any atom is 0.330 e. The predicted octanol–water partition coefficient (Wildman–Crippen LogP) is 3.65. The van der Waals surface area contributed by atoms with Gasteiger partial charge in [-0.15, -0.1) is 0 Å². The van der Waals surface area contributed by atoms with Gasteiger partial charge in [-0.3, -0.25) is 0 Å². The van der Waals surface area contributed by atoms with Crippen molar-refractivity contribution >= 4 is 5.97 Å². The van der Waals surface area contributed by atoms with Crippen molar-refractivity contribution in [2.24, 2.45) is 0 Å². The lowest BCUT2D eigenvalue weighted by molar-refractivity contribution is -0.308. The standard InChI is InChI=1S/C24H28O6/c1-4-20(25)30-21-17(2)29-24(26-3)23(28-16-19-13-9-6-10-14-19)22(21)27-15-18-11-7-5-8-12-18/h4-14,17,21-24H,1,15-16H2,2-3H3/t17-,21-,22+,23-,24+/m1/s1. The molecule has 0 N–H and O–H groups in total. The molecule has 0 radical (unpaired) electrons. The van der Waals surface area contributed by atoms with Gasteiger partial charge in [-0.05, 0) is 18.1 Å². The molecule has 0 amide bonds.